The van der Waals surface area contributed by atoms with E-state index >= 15 is 0 Å². The van der Waals surface area contributed by atoms with E-state index in [1.165, 1.54) is 12.1 Å². The molecule has 0 atom stereocenters. The number of hydrogen-bond acceptors (Lipinski definition) is 4. The average molecular weight is 294 g/mol. The third kappa shape index (κ3) is 3.35. The highest BCUT2D eigenvalue weighted by molar-refractivity contribution is 5.90. The van der Waals surface area contributed by atoms with Crippen molar-refractivity contribution in [2.75, 3.05) is 6.61 Å². The molecule has 1 heterocycles. The number of carboxylic acids is 1. The van der Waals surface area contributed by atoms with E-state index < -0.39 is 23.0 Å². The number of halogens is 1. The SMILES string of the molecule is O=C(O)c1ccccc1OCCn1cc(F)c(=O)[nH]c1=O. The number of hydrogen-bond donors (Lipinski definition) is 2. The van der Waals surface area contributed by atoms with Gasteiger partial charge in [0.1, 0.15) is 17.9 Å². The highest BCUT2D eigenvalue weighted by Gasteiger charge is 2.10. The normalized spacial score (nSPS) is 10.3. The fourth-order valence-corrected chi connectivity index (χ4v) is 1.67. The van der Waals surface area contributed by atoms with Crippen molar-refractivity contribution in [1.82, 2.24) is 9.55 Å². The van der Waals surface area contributed by atoms with Gasteiger partial charge in [-0.3, -0.25) is 14.3 Å². The summed E-state index contributed by atoms with van der Waals surface area (Å²) < 4.78 is 19.3. The number of aromatic nitrogens is 2. The molecule has 0 bridgehead atoms. The lowest BCUT2D eigenvalue weighted by Crippen LogP contribution is -2.32. The molecule has 2 rings (SSSR count). The summed E-state index contributed by atoms with van der Waals surface area (Å²) in [5.41, 5.74) is -1.87. The molecule has 7 nitrogen and oxygen atoms in total. The predicted molar refractivity (Wildman–Crippen MR) is 70.2 cm³/mol. The Kier molecular flexibility index (Phi) is 4.17. The van der Waals surface area contributed by atoms with Gasteiger partial charge in [0, 0.05) is 0 Å². The molecule has 110 valence electrons. The van der Waals surface area contributed by atoms with Crippen LogP contribution in [0.1, 0.15) is 10.4 Å². The van der Waals surface area contributed by atoms with Crippen molar-refractivity contribution in [3.8, 4) is 5.75 Å². The van der Waals surface area contributed by atoms with E-state index in [0.29, 0.717) is 0 Å². The van der Waals surface area contributed by atoms with Gasteiger partial charge in [-0.05, 0) is 12.1 Å². The number of benzene rings is 1. The molecule has 8 heteroatoms. The third-order valence-electron chi connectivity index (χ3n) is 2.67. The highest BCUT2D eigenvalue weighted by atomic mass is 19.1. The molecule has 0 spiro atoms. The quantitative estimate of drug-likeness (QED) is 0.834. The van der Waals surface area contributed by atoms with Gasteiger partial charge in [0.2, 0.25) is 5.82 Å². The number of aromatic carboxylic acids is 1. The van der Waals surface area contributed by atoms with Crippen molar-refractivity contribution in [2.24, 2.45) is 0 Å². The predicted octanol–water partition coefficient (Wildman–Crippen LogP) is 0.453. The molecule has 2 aromatic rings. The average Bonchev–Trinajstić information content (AvgIpc) is 2.44. The first-order valence-electron chi connectivity index (χ1n) is 5.93. The minimum Gasteiger partial charge on any atom is -0.491 e. The van der Waals surface area contributed by atoms with Crippen LogP contribution in [0.2, 0.25) is 0 Å². The standard InChI is InChI=1S/C13H11FN2O5/c14-9-7-16(13(20)15-11(9)17)5-6-21-10-4-2-1-3-8(10)12(18)19/h1-4,7H,5-6H2,(H,18,19)(H,15,17,20). The molecule has 0 fully saturated rings. The molecule has 1 aromatic carbocycles. The zero-order chi connectivity index (χ0) is 15.4. The van der Waals surface area contributed by atoms with Crippen LogP contribution in [0.25, 0.3) is 0 Å². The fraction of sp³-hybridized carbons (Fsp3) is 0.154. The monoisotopic (exact) mass is 294 g/mol. The van der Waals surface area contributed by atoms with Gasteiger partial charge in [0.25, 0.3) is 5.56 Å². The van der Waals surface area contributed by atoms with Crippen LogP contribution in [-0.2, 0) is 6.54 Å². The van der Waals surface area contributed by atoms with Crippen molar-refractivity contribution in [3.05, 3.63) is 62.7 Å². The summed E-state index contributed by atoms with van der Waals surface area (Å²) in [6.07, 6.45) is 0.771. The lowest BCUT2D eigenvalue weighted by molar-refractivity contribution is 0.0692. The molecule has 0 amide bonds. The number of carbonyl (C=O) groups is 1. The maximum Gasteiger partial charge on any atom is 0.339 e. The Balaban J connectivity index is 2.09. The Morgan fingerprint density at radius 2 is 2.05 bits per heavy atom. The minimum atomic E-state index is -1.14. The van der Waals surface area contributed by atoms with Gasteiger partial charge in [-0.2, -0.15) is 4.39 Å². The number of rotatable bonds is 5. The van der Waals surface area contributed by atoms with Crippen LogP contribution in [0, 0.1) is 5.82 Å². The van der Waals surface area contributed by atoms with Gasteiger partial charge in [-0.15, -0.1) is 0 Å². The summed E-state index contributed by atoms with van der Waals surface area (Å²) in [5.74, 6) is -2.08. The van der Waals surface area contributed by atoms with Gasteiger partial charge in [-0.25, -0.2) is 9.59 Å². The molecule has 0 radical (unpaired) electrons. The van der Waals surface area contributed by atoms with Crippen LogP contribution in [0.3, 0.4) is 0 Å². The lowest BCUT2D eigenvalue weighted by atomic mass is 10.2. The Labute approximate surface area is 117 Å². The fourth-order valence-electron chi connectivity index (χ4n) is 1.67. The first-order chi connectivity index (χ1) is 9.99. The Morgan fingerprint density at radius 1 is 1.33 bits per heavy atom. The minimum absolute atomic E-state index is 0.0162. The maximum atomic E-state index is 13.1. The molecule has 1 aromatic heterocycles. The summed E-state index contributed by atoms with van der Waals surface area (Å²) in [6.45, 7) is -0.101. The third-order valence-corrected chi connectivity index (χ3v) is 2.67. The first kappa shape index (κ1) is 14.5. The van der Waals surface area contributed by atoms with Crippen molar-refractivity contribution >= 4 is 5.97 Å². The molecule has 2 N–H and O–H groups in total. The Morgan fingerprint density at radius 3 is 2.76 bits per heavy atom. The molecule has 0 aliphatic rings. The second-order valence-electron chi connectivity index (χ2n) is 4.08. The molecular weight excluding hydrogens is 283 g/mol. The number of aromatic amines is 1. The summed E-state index contributed by atoms with van der Waals surface area (Å²) in [4.78, 5) is 35.0. The van der Waals surface area contributed by atoms with Gasteiger partial charge in [0.15, 0.2) is 0 Å². The highest BCUT2D eigenvalue weighted by Crippen LogP contribution is 2.17. The number of nitrogens with one attached hydrogen (secondary N) is 1. The van der Waals surface area contributed by atoms with Crippen LogP contribution in [0.15, 0.2) is 40.1 Å². The van der Waals surface area contributed by atoms with Crippen molar-refractivity contribution in [3.63, 3.8) is 0 Å². The van der Waals surface area contributed by atoms with Crippen LogP contribution >= 0.6 is 0 Å². The van der Waals surface area contributed by atoms with Crippen LogP contribution < -0.4 is 16.0 Å². The first-order valence-corrected chi connectivity index (χ1v) is 5.93. The zero-order valence-corrected chi connectivity index (χ0v) is 10.7. The van der Waals surface area contributed by atoms with E-state index in [-0.39, 0.29) is 24.5 Å². The van der Waals surface area contributed by atoms with Crippen molar-refractivity contribution in [1.29, 1.82) is 0 Å². The Hall–Kier alpha value is -2.90. The van der Waals surface area contributed by atoms with Crippen LogP contribution in [-0.4, -0.2) is 27.2 Å². The van der Waals surface area contributed by atoms with Gasteiger partial charge >= 0.3 is 11.7 Å². The summed E-state index contributed by atoms with van der Waals surface area (Å²) >= 11 is 0. The molecule has 0 saturated heterocycles. The molecular formula is C13H11FN2O5. The van der Waals surface area contributed by atoms with E-state index in [0.717, 1.165) is 10.8 Å². The van der Waals surface area contributed by atoms with Gasteiger partial charge in [0.05, 0.1) is 12.7 Å². The topological polar surface area (TPSA) is 101 Å². The molecule has 0 aliphatic heterocycles. The number of nitrogens with zero attached hydrogens (tertiary/aromatic N) is 1. The molecule has 0 aliphatic carbocycles. The van der Waals surface area contributed by atoms with E-state index in [9.17, 15) is 18.8 Å². The molecule has 0 unspecified atom stereocenters. The second-order valence-corrected chi connectivity index (χ2v) is 4.08. The van der Waals surface area contributed by atoms with Gasteiger partial charge < -0.3 is 9.84 Å². The lowest BCUT2D eigenvalue weighted by Gasteiger charge is -2.09. The smallest absolute Gasteiger partial charge is 0.339 e. The summed E-state index contributed by atoms with van der Waals surface area (Å²) in [7, 11) is 0. The van der Waals surface area contributed by atoms with E-state index in [1.54, 1.807) is 12.1 Å². The summed E-state index contributed by atoms with van der Waals surface area (Å²) in [5, 5.41) is 8.97. The van der Waals surface area contributed by atoms with Crippen molar-refractivity contribution < 1.29 is 19.0 Å². The second kappa shape index (κ2) is 6.04. The number of ether oxygens (including phenoxy) is 1. The van der Waals surface area contributed by atoms with Gasteiger partial charge in [-0.1, -0.05) is 12.1 Å². The Bertz CT molecular complexity index is 781. The largest absolute Gasteiger partial charge is 0.491 e. The number of carboxylic acid groups (broad SMARTS) is 1. The van der Waals surface area contributed by atoms with Crippen LogP contribution in [0.4, 0.5) is 4.39 Å². The number of H-pyrrole nitrogens is 1. The number of para-hydroxylation sites is 1. The maximum absolute atomic E-state index is 13.1. The molecule has 0 saturated carbocycles. The van der Waals surface area contributed by atoms with E-state index in [1.807, 2.05) is 4.98 Å². The van der Waals surface area contributed by atoms with E-state index in [2.05, 4.69) is 0 Å². The summed E-state index contributed by atoms with van der Waals surface area (Å²) in [6, 6.07) is 6.01. The molecule has 21 heavy (non-hydrogen) atoms. The van der Waals surface area contributed by atoms with E-state index in [4.69, 9.17) is 9.84 Å². The van der Waals surface area contributed by atoms with Crippen LogP contribution in [0.5, 0.6) is 5.75 Å². The van der Waals surface area contributed by atoms with Crippen molar-refractivity contribution in [2.45, 2.75) is 6.54 Å². The zero-order valence-electron chi connectivity index (χ0n) is 10.7.